The molecule has 2 aromatic carbocycles. The molecule has 0 atom stereocenters. The number of nitrogens with zero attached hydrogens (tertiary/aromatic N) is 4. The summed E-state index contributed by atoms with van der Waals surface area (Å²) < 4.78 is 20.6. The van der Waals surface area contributed by atoms with Crippen LogP contribution in [-0.2, 0) is 22.6 Å². The van der Waals surface area contributed by atoms with E-state index in [1.165, 1.54) is 23.9 Å². The van der Waals surface area contributed by atoms with E-state index < -0.39 is 0 Å². The Bertz CT molecular complexity index is 965. The van der Waals surface area contributed by atoms with Gasteiger partial charge in [0, 0.05) is 25.8 Å². The van der Waals surface area contributed by atoms with Crippen LogP contribution in [0.3, 0.4) is 0 Å². The van der Waals surface area contributed by atoms with Crippen molar-refractivity contribution in [2.75, 3.05) is 26.0 Å². The zero-order chi connectivity index (χ0) is 21.3. The maximum Gasteiger partial charge on any atom is 0.233 e. The van der Waals surface area contributed by atoms with Gasteiger partial charge >= 0.3 is 0 Å². The van der Waals surface area contributed by atoms with Gasteiger partial charge in [-0.1, -0.05) is 54.2 Å². The number of hydrogen-bond acceptors (Lipinski definition) is 5. The number of hydrogen-bond donors (Lipinski definition) is 0. The summed E-state index contributed by atoms with van der Waals surface area (Å²) in [6.07, 6.45) is 0. The highest BCUT2D eigenvalue weighted by Gasteiger charge is 2.18. The van der Waals surface area contributed by atoms with Crippen molar-refractivity contribution < 1.29 is 13.9 Å². The Morgan fingerprint density at radius 2 is 1.97 bits per heavy atom. The monoisotopic (exact) mass is 428 g/mol. The summed E-state index contributed by atoms with van der Waals surface area (Å²) in [5, 5.41) is 9.30. The summed E-state index contributed by atoms with van der Waals surface area (Å²) in [4.78, 5) is 14.5. The van der Waals surface area contributed by atoms with Gasteiger partial charge in [-0.05, 0) is 24.6 Å². The van der Waals surface area contributed by atoms with Crippen LogP contribution in [0.1, 0.15) is 12.5 Å². The van der Waals surface area contributed by atoms with Crippen LogP contribution < -0.4 is 0 Å². The molecule has 30 heavy (non-hydrogen) atoms. The number of halogens is 1. The lowest BCUT2D eigenvalue weighted by molar-refractivity contribution is -0.128. The van der Waals surface area contributed by atoms with Crippen molar-refractivity contribution in [2.45, 2.75) is 25.2 Å². The van der Waals surface area contributed by atoms with E-state index >= 15 is 0 Å². The highest BCUT2D eigenvalue weighted by atomic mass is 32.2. The van der Waals surface area contributed by atoms with Gasteiger partial charge in [0.2, 0.25) is 5.91 Å². The summed E-state index contributed by atoms with van der Waals surface area (Å²) in [7, 11) is 1.65. The van der Waals surface area contributed by atoms with E-state index in [-0.39, 0.29) is 17.5 Å². The Morgan fingerprint density at radius 1 is 1.17 bits per heavy atom. The fourth-order valence-corrected chi connectivity index (χ4v) is 3.90. The van der Waals surface area contributed by atoms with Crippen LogP contribution in [0.2, 0.25) is 0 Å². The van der Waals surface area contributed by atoms with Crippen LogP contribution in [-0.4, -0.2) is 51.6 Å². The molecule has 158 valence electrons. The third-order valence-electron chi connectivity index (χ3n) is 4.59. The highest BCUT2D eigenvalue weighted by Crippen LogP contribution is 2.24. The van der Waals surface area contributed by atoms with Gasteiger partial charge in [0.15, 0.2) is 11.0 Å². The fraction of sp³-hybridized carbons (Fsp3) is 0.318. The molecule has 0 saturated heterocycles. The zero-order valence-corrected chi connectivity index (χ0v) is 17.9. The van der Waals surface area contributed by atoms with Crippen LogP contribution in [0, 0.1) is 5.82 Å². The molecule has 0 aliphatic carbocycles. The Labute approximate surface area is 180 Å². The molecule has 0 bridgehead atoms. The second-order valence-electron chi connectivity index (χ2n) is 6.64. The molecule has 3 aromatic rings. The number of rotatable bonds is 10. The van der Waals surface area contributed by atoms with Crippen LogP contribution in [0.15, 0.2) is 59.8 Å². The second kappa shape index (κ2) is 10.9. The molecule has 6 nitrogen and oxygen atoms in total. The van der Waals surface area contributed by atoms with E-state index in [1.54, 1.807) is 18.1 Å². The molecule has 0 fully saturated rings. The minimum atomic E-state index is -0.301. The van der Waals surface area contributed by atoms with Gasteiger partial charge in [0.25, 0.3) is 0 Å². The third kappa shape index (κ3) is 5.67. The van der Waals surface area contributed by atoms with E-state index in [1.807, 2.05) is 47.9 Å². The van der Waals surface area contributed by atoms with Crippen LogP contribution >= 0.6 is 11.8 Å². The summed E-state index contributed by atoms with van der Waals surface area (Å²) in [6.45, 7) is 3.93. The second-order valence-corrected chi connectivity index (χ2v) is 7.59. The number of methoxy groups -OCH3 is 1. The SMILES string of the molecule is CCN(Cc1cccc(F)c1)C(=O)CSc1nnc(-c2ccccc2)n1CCOC. The van der Waals surface area contributed by atoms with Crippen molar-refractivity contribution in [3.05, 3.63) is 66.0 Å². The predicted molar refractivity (Wildman–Crippen MR) is 116 cm³/mol. The summed E-state index contributed by atoms with van der Waals surface area (Å²) in [5.74, 6) is 0.636. The first-order valence-corrected chi connectivity index (χ1v) is 10.7. The molecule has 0 radical (unpaired) electrons. The summed E-state index contributed by atoms with van der Waals surface area (Å²) >= 11 is 1.35. The predicted octanol–water partition coefficient (Wildman–Crippen LogP) is 3.87. The minimum Gasteiger partial charge on any atom is -0.383 e. The van der Waals surface area contributed by atoms with E-state index in [2.05, 4.69) is 10.2 Å². The molecule has 0 aliphatic heterocycles. The molecule has 0 N–H and O–H groups in total. The average molecular weight is 429 g/mol. The molecule has 3 rings (SSSR count). The van der Waals surface area contributed by atoms with Gasteiger partial charge in [-0.3, -0.25) is 9.36 Å². The largest absolute Gasteiger partial charge is 0.383 e. The van der Waals surface area contributed by atoms with Crippen molar-refractivity contribution in [1.82, 2.24) is 19.7 Å². The Morgan fingerprint density at radius 3 is 2.67 bits per heavy atom. The Hall–Kier alpha value is -2.71. The number of amides is 1. The van der Waals surface area contributed by atoms with Crippen molar-refractivity contribution in [3.8, 4) is 11.4 Å². The molecule has 0 spiro atoms. The molecular formula is C22H25FN4O2S. The van der Waals surface area contributed by atoms with Gasteiger partial charge in [-0.15, -0.1) is 10.2 Å². The summed E-state index contributed by atoms with van der Waals surface area (Å²) in [6, 6.07) is 16.1. The summed E-state index contributed by atoms with van der Waals surface area (Å²) in [5.41, 5.74) is 1.73. The number of thioether (sulfide) groups is 1. The highest BCUT2D eigenvalue weighted by molar-refractivity contribution is 7.99. The number of carbonyl (C=O) groups is 1. The van der Waals surface area contributed by atoms with Gasteiger partial charge in [0.1, 0.15) is 5.82 Å². The van der Waals surface area contributed by atoms with Crippen molar-refractivity contribution in [2.24, 2.45) is 0 Å². The molecule has 0 aliphatic rings. The maximum absolute atomic E-state index is 13.4. The Balaban J connectivity index is 1.70. The lowest BCUT2D eigenvalue weighted by atomic mass is 10.2. The van der Waals surface area contributed by atoms with Crippen molar-refractivity contribution in [1.29, 1.82) is 0 Å². The van der Waals surface area contributed by atoms with Gasteiger partial charge in [-0.2, -0.15) is 0 Å². The standard InChI is InChI=1S/C22H25FN4O2S/c1-3-26(15-17-8-7-11-19(23)14-17)20(28)16-30-22-25-24-21(27(22)12-13-29-2)18-9-5-4-6-10-18/h4-11,14H,3,12-13,15-16H2,1-2H3. The van der Waals surface area contributed by atoms with Gasteiger partial charge in [0.05, 0.1) is 18.9 Å². The molecular weight excluding hydrogens is 403 g/mol. The fourth-order valence-electron chi connectivity index (χ4n) is 3.03. The van der Waals surface area contributed by atoms with Crippen LogP contribution in [0.4, 0.5) is 4.39 Å². The molecule has 0 unspecified atom stereocenters. The van der Waals surface area contributed by atoms with E-state index in [0.29, 0.717) is 31.4 Å². The topological polar surface area (TPSA) is 60.2 Å². The van der Waals surface area contributed by atoms with E-state index in [4.69, 9.17) is 4.74 Å². The van der Waals surface area contributed by atoms with Gasteiger partial charge < -0.3 is 9.64 Å². The average Bonchev–Trinajstić information content (AvgIpc) is 3.17. The first-order valence-electron chi connectivity index (χ1n) is 9.75. The van der Waals surface area contributed by atoms with Gasteiger partial charge in [-0.25, -0.2) is 4.39 Å². The van der Waals surface area contributed by atoms with Crippen molar-refractivity contribution in [3.63, 3.8) is 0 Å². The molecule has 8 heteroatoms. The molecule has 1 amide bonds. The Kier molecular flexibility index (Phi) is 7.98. The number of aromatic nitrogens is 3. The number of benzene rings is 2. The minimum absolute atomic E-state index is 0.0330. The normalized spacial score (nSPS) is 10.9. The molecule has 0 saturated carbocycles. The lowest BCUT2D eigenvalue weighted by Crippen LogP contribution is -2.31. The van der Waals surface area contributed by atoms with E-state index in [0.717, 1.165) is 17.0 Å². The number of ether oxygens (including phenoxy) is 1. The third-order valence-corrected chi connectivity index (χ3v) is 5.54. The smallest absolute Gasteiger partial charge is 0.233 e. The van der Waals surface area contributed by atoms with Crippen LogP contribution in [0.5, 0.6) is 0 Å². The first-order chi connectivity index (χ1) is 14.6. The molecule has 1 aromatic heterocycles. The molecule has 1 heterocycles. The lowest BCUT2D eigenvalue weighted by Gasteiger charge is -2.21. The quantitative estimate of drug-likeness (QED) is 0.459. The number of carbonyl (C=O) groups excluding carboxylic acids is 1. The van der Waals surface area contributed by atoms with Crippen LogP contribution in [0.25, 0.3) is 11.4 Å². The first kappa shape index (κ1) is 22.0. The van der Waals surface area contributed by atoms with E-state index in [9.17, 15) is 9.18 Å². The van der Waals surface area contributed by atoms with Crippen molar-refractivity contribution >= 4 is 17.7 Å². The zero-order valence-electron chi connectivity index (χ0n) is 17.1. The maximum atomic E-state index is 13.4.